The molecule has 0 radical (unpaired) electrons. The van der Waals surface area contributed by atoms with Crippen molar-refractivity contribution < 1.29 is 0 Å². The first-order valence-corrected chi connectivity index (χ1v) is 6.46. The first-order chi connectivity index (χ1) is 9.84. The number of H-pyrrole nitrogens is 1. The average molecular weight is 260 g/mol. The molecule has 0 bridgehead atoms. The van der Waals surface area contributed by atoms with Gasteiger partial charge in [0.05, 0.1) is 5.69 Å². The van der Waals surface area contributed by atoms with Gasteiger partial charge < -0.3 is 4.98 Å². The number of aryl methyl sites for hydroxylation is 1. The largest absolute Gasteiger partial charge is 0.339 e. The fourth-order valence-corrected chi connectivity index (χ4v) is 2.67. The second-order valence-corrected chi connectivity index (χ2v) is 4.81. The second-order valence-electron chi connectivity index (χ2n) is 4.81. The highest BCUT2D eigenvalue weighted by Crippen LogP contribution is 2.32. The summed E-state index contributed by atoms with van der Waals surface area (Å²) in [4.78, 5) is 16.2. The zero-order valence-electron chi connectivity index (χ0n) is 11.0. The number of pyridine rings is 3. The Labute approximate surface area is 115 Å². The molecule has 4 heteroatoms. The van der Waals surface area contributed by atoms with E-state index in [0.717, 1.165) is 27.7 Å². The Kier molecular flexibility index (Phi) is 2.29. The van der Waals surface area contributed by atoms with Crippen LogP contribution >= 0.6 is 0 Å². The van der Waals surface area contributed by atoms with Crippen LogP contribution in [0.5, 0.6) is 0 Å². The summed E-state index contributed by atoms with van der Waals surface area (Å²) in [6, 6.07) is 6.03. The normalized spacial score (nSPS) is 11.2. The van der Waals surface area contributed by atoms with E-state index in [0.29, 0.717) is 0 Å². The quantitative estimate of drug-likeness (QED) is 0.570. The molecule has 0 spiro atoms. The van der Waals surface area contributed by atoms with E-state index < -0.39 is 0 Å². The molecule has 0 saturated carbocycles. The standard InChI is InChI=1S/C16H12N4/c1-10-14-13-4-6-18-8-12(13)9-19-16(14)20-15(10)11-3-2-5-17-7-11/h2-9H,1H3,(H,19,20). The van der Waals surface area contributed by atoms with Gasteiger partial charge in [-0.05, 0) is 36.1 Å². The van der Waals surface area contributed by atoms with Gasteiger partial charge in [0.2, 0.25) is 0 Å². The highest BCUT2D eigenvalue weighted by molar-refractivity contribution is 6.08. The van der Waals surface area contributed by atoms with Crippen molar-refractivity contribution in [2.75, 3.05) is 0 Å². The average Bonchev–Trinajstić information content (AvgIpc) is 2.86. The van der Waals surface area contributed by atoms with Crippen LogP contribution < -0.4 is 0 Å². The number of fused-ring (bicyclic) bond motifs is 3. The third kappa shape index (κ3) is 1.51. The van der Waals surface area contributed by atoms with E-state index in [4.69, 9.17) is 0 Å². The van der Waals surface area contributed by atoms with Crippen molar-refractivity contribution in [3.05, 3.63) is 54.7 Å². The summed E-state index contributed by atoms with van der Waals surface area (Å²) in [5.74, 6) is 0. The molecule has 0 fully saturated rings. The number of hydrogen-bond donors (Lipinski definition) is 1. The molecule has 20 heavy (non-hydrogen) atoms. The molecule has 4 aromatic rings. The Morgan fingerprint density at radius 1 is 1.00 bits per heavy atom. The molecule has 0 aliphatic rings. The molecule has 0 aliphatic carbocycles. The molecule has 0 unspecified atom stereocenters. The van der Waals surface area contributed by atoms with Gasteiger partial charge in [0, 0.05) is 47.3 Å². The van der Waals surface area contributed by atoms with Crippen molar-refractivity contribution in [1.29, 1.82) is 0 Å². The van der Waals surface area contributed by atoms with Crippen LogP contribution in [-0.2, 0) is 0 Å². The van der Waals surface area contributed by atoms with Crippen LogP contribution in [0.4, 0.5) is 0 Å². The first kappa shape index (κ1) is 11.1. The number of nitrogens with zero attached hydrogens (tertiary/aromatic N) is 3. The minimum atomic E-state index is 0.903. The number of aromatic amines is 1. The summed E-state index contributed by atoms with van der Waals surface area (Å²) in [6.45, 7) is 2.11. The molecule has 1 N–H and O–H groups in total. The maximum atomic E-state index is 4.50. The van der Waals surface area contributed by atoms with Gasteiger partial charge in [0.1, 0.15) is 5.65 Å². The van der Waals surface area contributed by atoms with E-state index in [1.165, 1.54) is 10.9 Å². The Morgan fingerprint density at radius 2 is 1.90 bits per heavy atom. The molecule has 0 aromatic carbocycles. The molecule has 4 heterocycles. The highest BCUT2D eigenvalue weighted by atomic mass is 14.9. The minimum Gasteiger partial charge on any atom is -0.339 e. The lowest BCUT2D eigenvalue weighted by atomic mass is 10.1. The number of aromatic nitrogens is 4. The maximum Gasteiger partial charge on any atom is 0.138 e. The molecule has 4 aromatic heterocycles. The van der Waals surface area contributed by atoms with Crippen LogP contribution in [0.15, 0.2) is 49.2 Å². The van der Waals surface area contributed by atoms with Crippen molar-refractivity contribution >= 4 is 21.8 Å². The second kappa shape index (κ2) is 4.13. The van der Waals surface area contributed by atoms with E-state index in [-0.39, 0.29) is 0 Å². The van der Waals surface area contributed by atoms with Crippen LogP contribution in [0, 0.1) is 6.92 Å². The first-order valence-electron chi connectivity index (χ1n) is 6.46. The summed E-state index contributed by atoms with van der Waals surface area (Å²) in [6.07, 6.45) is 9.16. The van der Waals surface area contributed by atoms with Crippen LogP contribution in [0.25, 0.3) is 33.1 Å². The number of hydrogen-bond acceptors (Lipinski definition) is 3. The van der Waals surface area contributed by atoms with Gasteiger partial charge in [0.25, 0.3) is 0 Å². The summed E-state index contributed by atoms with van der Waals surface area (Å²) in [5, 5.41) is 3.39. The molecular formula is C16H12N4. The van der Waals surface area contributed by atoms with Gasteiger partial charge in [-0.15, -0.1) is 0 Å². The van der Waals surface area contributed by atoms with E-state index in [1.807, 2.05) is 36.9 Å². The lowest BCUT2D eigenvalue weighted by Crippen LogP contribution is -1.81. The molecule has 0 atom stereocenters. The topological polar surface area (TPSA) is 54.5 Å². The van der Waals surface area contributed by atoms with Gasteiger partial charge in [-0.3, -0.25) is 9.97 Å². The molecule has 96 valence electrons. The fourth-order valence-electron chi connectivity index (χ4n) is 2.67. The smallest absolute Gasteiger partial charge is 0.138 e. The summed E-state index contributed by atoms with van der Waals surface area (Å²) < 4.78 is 0. The number of nitrogens with one attached hydrogen (secondary N) is 1. The minimum absolute atomic E-state index is 0.903. The predicted molar refractivity (Wildman–Crippen MR) is 79.4 cm³/mol. The zero-order chi connectivity index (χ0) is 13.5. The van der Waals surface area contributed by atoms with Crippen molar-refractivity contribution in [2.45, 2.75) is 6.92 Å². The van der Waals surface area contributed by atoms with Gasteiger partial charge in [-0.2, -0.15) is 0 Å². The molecule has 0 amide bonds. The molecular weight excluding hydrogens is 248 g/mol. The summed E-state index contributed by atoms with van der Waals surface area (Å²) in [7, 11) is 0. The van der Waals surface area contributed by atoms with Crippen LogP contribution in [0.3, 0.4) is 0 Å². The third-order valence-corrected chi connectivity index (χ3v) is 3.63. The van der Waals surface area contributed by atoms with Gasteiger partial charge in [0.15, 0.2) is 0 Å². The van der Waals surface area contributed by atoms with Crippen molar-refractivity contribution in [3.63, 3.8) is 0 Å². The lowest BCUT2D eigenvalue weighted by molar-refractivity contribution is 1.29. The monoisotopic (exact) mass is 260 g/mol. The van der Waals surface area contributed by atoms with Crippen molar-refractivity contribution in [1.82, 2.24) is 19.9 Å². The van der Waals surface area contributed by atoms with Crippen LogP contribution in [0.1, 0.15) is 5.56 Å². The van der Waals surface area contributed by atoms with Gasteiger partial charge in [-0.25, -0.2) is 4.98 Å². The zero-order valence-corrected chi connectivity index (χ0v) is 11.0. The lowest BCUT2D eigenvalue weighted by Gasteiger charge is -2.00. The van der Waals surface area contributed by atoms with Crippen molar-refractivity contribution in [2.24, 2.45) is 0 Å². The van der Waals surface area contributed by atoms with E-state index in [9.17, 15) is 0 Å². The summed E-state index contributed by atoms with van der Waals surface area (Å²) >= 11 is 0. The highest BCUT2D eigenvalue weighted by Gasteiger charge is 2.13. The maximum absolute atomic E-state index is 4.50. The van der Waals surface area contributed by atoms with Gasteiger partial charge >= 0.3 is 0 Å². The fraction of sp³-hybridized carbons (Fsp3) is 0.0625. The van der Waals surface area contributed by atoms with E-state index in [1.54, 1.807) is 6.20 Å². The Bertz CT molecular complexity index is 910. The third-order valence-electron chi connectivity index (χ3n) is 3.63. The van der Waals surface area contributed by atoms with Crippen molar-refractivity contribution in [3.8, 4) is 11.3 Å². The Hall–Kier alpha value is -2.75. The van der Waals surface area contributed by atoms with Crippen LogP contribution in [-0.4, -0.2) is 19.9 Å². The van der Waals surface area contributed by atoms with E-state index >= 15 is 0 Å². The van der Waals surface area contributed by atoms with E-state index in [2.05, 4.69) is 32.9 Å². The van der Waals surface area contributed by atoms with Gasteiger partial charge in [-0.1, -0.05) is 0 Å². The summed E-state index contributed by atoms with van der Waals surface area (Å²) in [5.41, 5.74) is 4.24. The Morgan fingerprint density at radius 3 is 2.75 bits per heavy atom. The predicted octanol–water partition coefficient (Wildman–Crippen LogP) is 3.48. The molecule has 0 saturated heterocycles. The number of rotatable bonds is 1. The molecule has 4 rings (SSSR count). The molecule has 4 nitrogen and oxygen atoms in total. The Balaban J connectivity index is 2.11. The SMILES string of the molecule is Cc1c(-c2cccnc2)[nH]c2ncc3cnccc3c12. The molecule has 0 aliphatic heterocycles. The van der Waals surface area contributed by atoms with Crippen LogP contribution in [0.2, 0.25) is 0 Å².